The first-order chi connectivity index (χ1) is 19.2. The van der Waals surface area contributed by atoms with Gasteiger partial charge in [0.1, 0.15) is 23.8 Å². The fourth-order valence-corrected chi connectivity index (χ4v) is 7.52. The summed E-state index contributed by atoms with van der Waals surface area (Å²) in [6, 6.07) is 11.2. The number of pyridine rings is 1. The summed E-state index contributed by atoms with van der Waals surface area (Å²) in [5.74, 6) is 2.25. The number of aryl methyl sites for hydroxylation is 2. The van der Waals surface area contributed by atoms with E-state index in [1.54, 1.807) is 17.3 Å². The maximum Gasteiger partial charge on any atom is 0.264 e. The van der Waals surface area contributed by atoms with Crippen LogP contribution >= 0.6 is 0 Å². The molecule has 2 aromatic carbocycles. The van der Waals surface area contributed by atoms with Crippen molar-refractivity contribution in [3.05, 3.63) is 76.8 Å². The first-order valence-electron chi connectivity index (χ1n) is 14.4. The van der Waals surface area contributed by atoms with Gasteiger partial charge in [0.25, 0.3) is 5.91 Å². The van der Waals surface area contributed by atoms with Gasteiger partial charge in [0.2, 0.25) is 0 Å². The monoisotopic (exact) mass is 538 g/mol. The Labute approximate surface area is 234 Å². The van der Waals surface area contributed by atoms with Crippen LogP contribution in [0.5, 0.6) is 0 Å². The van der Waals surface area contributed by atoms with E-state index >= 15 is 4.39 Å². The molecule has 1 aliphatic carbocycles. The summed E-state index contributed by atoms with van der Waals surface area (Å²) in [6.45, 7) is 9.27. The third kappa shape index (κ3) is 3.87. The Morgan fingerprint density at radius 3 is 2.65 bits per heavy atom. The predicted octanol–water partition coefficient (Wildman–Crippen LogP) is 6.05. The maximum absolute atomic E-state index is 15.2. The van der Waals surface area contributed by atoms with Crippen molar-refractivity contribution in [2.24, 2.45) is 18.9 Å². The Bertz CT molecular complexity index is 1650. The van der Waals surface area contributed by atoms with Gasteiger partial charge in [-0.15, -0.1) is 10.2 Å². The van der Waals surface area contributed by atoms with E-state index in [-0.39, 0.29) is 17.1 Å². The summed E-state index contributed by atoms with van der Waals surface area (Å²) in [5, 5.41) is 9.83. The van der Waals surface area contributed by atoms with Crippen molar-refractivity contribution in [1.82, 2.24) is 24.6 Å². The van der Waals surface area contributed by atoms with Crippen LogP contribution in [0.1, 0.15) is 72.5 Å². The van der Waals surface area contributed by atoms with E-state index in [1.165, 1.54) is 18.9 Å². The summed E-state index contributed by atoms with van der Waals surface area (Å²) < 4.78 is 17.2. The van der Waals surface area contributed by atoms with Crippen LogP contribution in [0.4, 0.5) is 15.9 Å². The van der Waals surface area contributed by atoms with Gasteiger partial charge in [0, 0.05) is 36.6 Å². The largest absolute Gasteiger partial charge is 0.320 e. The van der Waals surface area contributed by atoms with Crippen LogP contribution < -0.4 is 4.90 Å². The lowest BCUT2D eigenvalue weighted by atomic mass is 9.58. The molecule has 0 radical (unpaired) electrons. The van der Waals surface area contributed by atoms with E-state index in [9.17, 15) is 4.79 Å². The van der Waals surface area contributed by atoms with Crippen molar-refractivity contribution < 1.29 is 9.18 Å². The molecule has 3 aliphatic rings. The molecule has 8 heteroatoms. The lowest BCUT2D eigenvalue weighted by molar-refractivity contribution is 0.100. The third-order valence-electron chi connectivity index (χ3n) is 9.18. The molecule has 2 fully saturated rings. The Kier molecular flexibility index (Phi) is 5.82. The van der Waals surface area contributed by atoms with Gasteiger partial charge in [0.05, 0.1) is 16.7 Å². The van der Waals surface area contributed by atoms with Crippen molar-refractivity contribution in [2.45, 2.75) is 58.4 Å². The lowest BCUT2D eigenvalue weighted by Crippen LogP contribution is -2.43. The van der Waals surface area contributed by atoms with Crippen molar-refractivity contribution >= 4 is 28.2 Å². The highest BCUT2D eigenvalue weighted by atomic mass is 19.1. The van der Waals surface area contributed by atoms with E-state index in [4.69, 9.17) is 4.98 Å². The normalized spacial score (nSPS) is 24.6. The maximum atomic E-state index is 15.2. The molecular weight excluding hydrogens is 503 g/mol. The van der Waals surface area contributed by atoms with Crippen molar-refractivity contribution in [3.63, 3.8) is 0 Å². The van der Waals surface area contributed by atoms with Crippen LogP contribution in [-0.4, -0.2) is 43.6 Å². The number of piperidine rings is 1. The van der Waals surface area contributed by atoms with Crippen LogP contribution in [0.15, 0.2) is 42.7 Å². The van der Waals surface area contributed by atoms with E-state index in [0.29, 0.717) is 39.7 Å². The number of hydrogen-bond acceptors (Lipinski definition) is 5. The number of carbonyl (C=O) groups is 1. The van der Waals surface area contributed by atoms with Gasteiger partial charge in [-0.05, 0) is 98.5 Å². The van der Waals surface area contributed by atoms with E-state index in [0.717, 1.165) is 55.1 Å². The molecular formula is C32H35FN6O. The molecule has 0 bridgehead atoms. The number of aromatic nitrogens is 4. The average Bonchev–Trinajstić information content (AvgIpc) is 3.45. The smallest absolute Gasteiger partial charge is 0.264 e. The number of rotatable bonds is 5. The minimum atomic E-state index is -0.300. The van der Waals surface area contributed by atoms with Gasteiger partial charge in [-0.3, -0.25) is 14.6 Å². The number of amides is 1. The van der Waals surface area contributed by atoms with Gasteiger partial charge in [0.15, 0.2) is 0 Å². The summed E-state index contributed by atoms with van der Waals surface area (Å²) >= 11 is 0. The average molecular weight is 539 g/mol. The molecule has 40 heavy (non-hydrogen) atoms. The second kappa shape index (κ2) is 9.20. The fraction of sp³-hybridized carbons (Fsp3) is 0.438. The molecule has 7 nitrogen and oxygen atoms in total. The molecule has 4 aromatic rings. The number of nitrogens with zero attached hydrogens (tertiary/aromatic N) is 6. The lowest BCUT2D eigenvalue weighted by Gasteiger charge is -2.46. The molecule has 4 heterocycles. The summed E-state index contributed by atoms with van der Waals surface area (Å²) in [4.78, 5) is 23.0. The van der Waals surface area contributed by atoms with Gasteiger partial charge in [-0.25, -0.2) is 9.37 Å². The predicted molar refractivity (Wildman–Crippen MR) is 153 cm³/mol. The Balaban J connectivity index is 1.31. The zero-order chi connectivity index (χ0) is 27.8. The molecule has 1 saturated carbocycles. The number of halogens is 1. The van der Waals surface area contributed by atoms with Crippen LogP contribution in [0, 0.1) is 24.6 Å². The summed E-state index contributed by atoms with van der Waals surface area (Å²) in [6.07, 6.45) is 6.06. The van der Waals surface area contributed by atoms with Crippen molar-refractivity contribution in [3.8, 4) is 0 Å². The van der Waals surface area contributed by atoms with Crippen molar-refractivity contribution in [1.29, 1.82) is 0 Å². The van der Waals surface area contributed by atoms with Gasteiger partial charge < -0.3 is 4.57 Å². The van der Waals surface area contributed by atoms with Crippen LogP contribution in [-0.2, 0) is 19.0 Å². The number of hydrogen-bond donors (Lipinski definition) is 0. The molecule has 0 spiro atoms. The molecule has 1 saturated heterocycles. The second-order valence-electron chi connectivity index (χ2n) is 12.5. The highest BCUT2D eigenvalue weighted by Gasteiger charge is 2.48. The van der Waals surface area contributed by atoms with Gasteiger partial charge in [-0.1, -0.05) is 13.8 Å². The quantitative estimate of drug-likeness (QED) is 0.309. The Morgan fingerprint density at radius 2 is 1.93 bits per heavy atom. The van der Waals surface area contributed by atoms with Gasteiger partial charge >= 0.3 is 0 Å². The number of likely N-dealkylation sites (tertiary alicyclic amines) is 1. The number of benzene rings is 2. The molecule has 1 atom stereocenters. The molecule has 2 aliphatic heterocycles. The number of carbonyl (C=O) groups excluding carboxylic acids is 1. The van der Waals surface area contributed by atoms with E-state index in [1.807, 2.05) is 36.7 Å². The molecule has 2 aromatic heterocycles. The fourth-order valence-electron chi connectivity index (χ4n) is 7.52. The Hall–Kier alpha value is -3.65. The topological polar surface area (TPSA) is 67.2 Å². The molecule has 206 valence electrons. The van der Waals surface area contributed by atoms with Gasteiger partial charge in [-0.2, -0.15) is 0 Å². The van der Waals surface area contributed by atoms with Crippen LogP contribution in [0.2, 0.25) is 0 Å². The molecule has 0 unspecified atom stereocenters. The molecule has 0 N–H and O–H groups in total. The summed E-state index contributed by atoms with van der Waals surface area (Å²) in [5.41, 5.74) is 3.86. The minimum absolute atomic E-state index is 0.154. The van der Waals surface area contributed by atoms with Crippen LogP contribution in [0.25, 0.3) is 10.8 Å². The van der Waals surface area contributed by atoms with E-state index in [2.05, 4.69) is 35.0 Å². The van der Waals surface area contributed by atoms with Crippen molar-refractivity contribution in [2.75, 3.05) is 18.0 Å². The third-order valence-corrected chi connectivity index (χ3v) is 9.18. The highest BCUT2D eigenvalue weighted by molar-refractivity contribution is 6.27. The molecule has 7 rings (SSSR count). The van der Waals surface area contributed by atoms with Crippen LogP contribution in [0.3, 0.4) is 0 Å². The first kappa shape index (κ1) is 25.3. The van der Waals surface area contributed by atoms with E-state index < -0.39 is 0 Å². The summed E-state index contributed by atoms with van der Waals surface area (Å²) in [7, 11) is 1.98. The first-order valence-corrected chi connectivity index (χ1v) is 14.4. The number of anilines is 2. The Morgan fingerprint density at radius 1 is 1.10 bits per heavy atom. The second-order valence-corrected chi connectivity index (χ2v) is 12.5. The zero-order valence-electron chi connectivity index (χ0n) is 23.6. The standard InChI is InChI=1S/C32H35FN6O/c1-19-6-5-9-38(16-19)17-22-11-24-26(33)7-8-27-29(24)25(12-22)30(40)39(27)28-13-23(10-21(3)35-28)32(14-20(2)15-32)31-36-34-18-37(31)4/h7-8,10-13,18-20H,5-6,9,14-17H2,1-4H3/t19-,20?,32?/m0/s1. The SMILES string of the molecule is Cc1cc(C2(c3nncn3C)CC(C)C2)cc(N2C(=O)c3cc(CN4CCC[C@H](C)C4)cc4c(F)ccc2c34)n1. The molecule has 1 amide bonds. The highest BCUT2D eigenvalue weighted by Crippen LogP contribution is 2.52. The zero-order valence-corrected chi connectivity index (χ0v) is 23.6. The minimum Gasteiger partial charge on any atom is -0.320 e.